The van der Waals surface area contributed by atoms with Crippen LogP contribution in [0.5, 0.6) is 0 Å². The first-order valence-electron chi connectivity index (χ1n) is 10.5. The molecule has 2 heterocycles. The van der Waals surface area contributed by atoms with E-state index in [4.69, 9.17) is 26.3 Å². The van der Waals surface area contributed by atoms with Crippen molar-refractivity contribution >= 4 is 55.8 Å². The van der Waals surface area contributed by atoms with Gasteiger partial charge in [-0.3, -0.25) is 9.63 Å². The summed E-state index contributed by atoms with van der Waals surface area (Å²) in [4.78, 5) is 22.1. The molecule has 4 rings (SSSR count). The van der Waals surface area contributed by atoms with E-state index < -0.39 is 11.7 Å². The first kappa shape index (κ1) is 23.9. The first-order valence-corrected chi connectivity index (χ1v) is 11.6. The lowest BCUT2D eigenvalue weighted by Gasteiger charge is -2.22. The van der Waals surface area contributed by atoms with Gasteiger partial charge in [-0.2, -0.15) is 0 Å². The second-order valence-corrected chi connectivity index (χ2v) is 9.01. The number of rotatable bonds is 8. The summed E-state index contributed by atoms with van der Waals surface area (Å²) in [6.45, 7) is 1.67. The molecule has 1 aromatic heterocycles. The Labute approximate surface area is 203 Å². The topological polar surface area (TPSA) is 97.6 Å². The van der Waals surface area contributed by atoms with E-state index in [-0.39, 0.29) is 30.0 Å². The number of benzene rings is 2. The van der Waals surface area contributed by atoms with Crippen LogP contribution in [0.15, 0.2) is 35.1 Å². The molecule has 3 aromatic rings. The summed E-state index contributed by atoms with van der Waals surface area (Å²) in [5, 5.41) is 12.2. The van der Waals surface area contributed by atoms with E-state index in [9.17, 15) is 4.79 Å². The van der Waals surface area contributed by atoms with Crippen LogP contribution in [0, 0.1) is 11.7 Å². The number of halogens is 3. The number of ether oxygens (including phenoxy) is 1. The highest BCUT2D eigenvalue weighted by Gasteiger charge is 2.24. The van der Waals surface area contributed by atoms with E-state index >= 15 is 4.39 Å². The van der Waals surface area contributed by atoms with Crippen molar-refractivity contribution in [1.29, 1.82) is 0 Å². The molecule has 3 N–H and O–H groups in total. The van der Waals surface area contributed by atoms with Gasteiger partial charge in [-0.15, -0.1) is 0 Å². The van der Waals surface area contributed by atoms with Gasteiger partial charge in [0.1, 0.15) is 5.52 Å². The van der Waals surface area contributed by atoms with Crippen molar-refractivity contribution in [2.45, 2.75) is 19.4 Å². The van der Waals surface area contributed by atoms with E-state index in [1.165, 1.54) is 0 Å². The van der Waals surface area contributed by atoms with Gasteiger partial charge in [0.25, 0.3) is 5.91 Å². The summed E-state index contributed by atoms with van der Waals surface area (Å²) in [7, 11) is 0. The number of nitrogens with zero attached hydrogens (tertiary/aromatic N) is 2. The van der Waals surface area contributed by atoms with Gasteiger partial charge >= 0.3 is 0 Å². The smallest absolute Gasteiger partial charge is 0.277 e. The fourth-order valence-corrected chi connectivity index (χ4v) is 4.48. The predicted octanol–water partition coefficient (Wildman–Crippen LogP) is 4.42. The highest BCUT2D eigenvalue weighted by Crippen LogP contribution is 2.34. The highest BCUT2D eigenvalue weighted by molar-refractivity contribution is 9.10. The fourth-order valence-electron chi connectivity index (χ4n) is 3.75. The number of carbonyl (C=O) groups excluding carboxylic acids is 1. The van der Waals surface area contributed by atoms with Crippen molar-refractivity contribution in [1.82, 2.24) is 15.0 Å². The SMILES string of the molecule is O=C(NOCCO)c1cc2c(ncn2CC2CCOCC2)c(F)c1Nc1ccc(Br)cc1Cl. The van der Waals surface area contributed by atoms with Gasteiger partial charge in [0, 0.05) is 24.2 Å². The quantitative estimate of drug-likeness (QED) is 0.289. The monoisotopic (exact) mass is 540 g/mol. The summed E-state index contributed by atoms with van der Waals surface area (Å²) in [6.07, 6.45) is 3.40. The molecule has 1 fully saturated rings. The van der Waals surface area contributed by atoms with Crippen molar-refractivity contribution in [2.24, 2.45) is 5.92 Å². The van der Waals surface area contributed by atoms with Gasteiger partial charge in [-0.05, 0) is 43.0 Å². The average Bonchev–Trinajstić information content (AvgIpc) is 3.20. The van der Waals surface area contributed by atoms with Crippen molar-refractivity contribution in [3.63, 3.8) is 0 Å². The summed E-state index contributed by atoms with van der Waals surface area (Å²) in [5.74, 6) is -0.966. The van der Waals surface area contributed by atoms with Crippen molar-refractivity contribution in [3.8, 4) is 0 Å². The Kier molecular flexibility index (Phi) is 7.82. The highest BCUT2D eigenvalue weighted by atomic mass is 79.9. The summed E-state index contributed by atoms with van der Waals surface area (Å²) in [5.41, 5.74) is 3.25. The number of imidazole rings is 1. The van der Waals surface area contributed by atoms with Gasteiger partial charge < -0.3 is 19.7 Å². The van der Waals surface area contributed by atoms with Crippen molar-refractivity contribution < 1.29 is 23.9 Å². The zero-order valence-electron chi connectivity index (χ0n) is 17.6. The molecule has 176 valence electrons. The van der Waals surface area contributed by atoms with Gasteiger partial charge in [-0.25, -0.2) is 14.9 Å². The molecule has 33 heavy (non-hydrogen) atoms. The Morgan fingerprint density at radius 1 is 1.36 bits per heavy atom. The molecule has 0 saturated carbocycles. The maximum atomic E-state index is 15.7. The van der Waals surface area contributed by atoms with Crippen LogP contribution in [-0.2, 0) is 16.1 Å². The zero-order chi connectivity index (χ0) is 23.4. The molecular formula is C22H23BrClFN4O4. The fraction of sp³-hybridized carbons (Fsp3) is 0.364. The normalized spacial score (nSPS) is 14.5. The maximum absolute atomic E-state index is 15.7. The van der Waals surface area contributed by atoms with Crippen LogP contribution >= 0.6 is 27.5 Å². The molecule has 2 aromatic carbocycles. The molecule has 1 amide bonds. The molecule has 0 unspecified atom stereocenters. The van der Waals surface area contributed by atoms with E-state index in [2.05, 4.69) is 31.7 Å². The van der Waals surface area contributed by atoms with Crippen LogP contribution in [0.2, 0.25) is 5.02 Å². The van der Waals surface area contributed by atoms with E-state index in [0.717, 1.165) is 17.3 Å². The third kappa shape index (κ3) is 5.47. The summed E-state index contributed by atoms with van der Waals surface area (Å²) < 4.78 is 23.7. The minimum Gasteiger partial charge on any atom is -0.394 e. The van der Waals surface area contributed by atoms with E-state index in [0.29, 0.717) is 41.9 Å². The second-order valence-electron chi connectivity index (χ2n) is 7.69. The Bertz CT molecular complexity index is 1150. The van der Waals surface area contributed by atoms with Crippen LogP contribution in [0.25, 0.3) is 11.0 Å². The molecule has 0 aliphatic carbocycles. The van der Waals surface area contributed by atoms with Gasteiger partial charge in [-0.1, -0.05) is 27.5 Å². The number of fused-ring (bicyclic) bond motifs is 1. The van der Waals surface area contributed by atoms with Crippen LogP contribution < -0.4 is 10.8 Å². The molecule has 11 heteroatoms. The zero-order valence-corrected chi connectivity index (χ0v) is 20.0. The predicted molar refractivity (Wildman–Crippen MR) is 126 cm³/mol. The summed E-state index contributed by atoms with van der Waals surface area (Å²) >= 11 is 9.64. The number of hydroxylamine groups is 1. The van der Waals surface area contributed by atoms with E-state index in [1.54, 1.807) is 30.6 Å². The minimum atomic E-state index is -0.676. The number of hydrogen-bond acceptors (Lipinski definition) is 6. The molecule has 0 atom stereocenters. The number of aromatic nitrogens is 2. The molecule has 0 radical (unpaired) electrons. The van der Waals surface area contributed by atoms with Gasteiger partial charge in [0.2, 0.25) is 0 Å². The third-order valence-corrected chi connectivity index (χ3v) is 6.25. The van der Waals surface area contributed by atoms with Gasteiger partial charge in [0.15, 0.2) is 5.82 Å². The number of nitrogens with one attached hydrogen (secondary N) is 2. The molecule has 1 saturated heterocycles. The lowest BCUT2D eigenvalue weighted by molar-refractivity contribution is 0.0169. The van der Waals surface area contributed by atoms with Crippen molar-refractivity contribution in [2.75, 3.05) is 31.7 Å². The number of aliphatic hydroxyl groups excluding tert-OH is 1. The third-order valence-electron chi connectivity index (χ3n) is 5.45. The Morgan fingerprint density at radius 2 is 2.15 bits per heavy atom. The number of amides is 1. The second kappa shape index (κ2) is 10.8. The van der Waals surface area contributed by atoms with Gasteiger partial charge in [0.05, 0.1) is 47.0 Å². The molecule has 0 spiro atoms. The summed E-state index contributed by atoms with van der Waals surface area (Å²) in [6, 6.07) is 6.66. The van der Waals surface area contributed by atoms with E-state index in [1.807, 2.05) is 4.57 Å². The standard InChI is InChI=1S/C22H23BrClFN4O4/c23-14-1-2-17(16(24)9-14)27-20-15(22(31)28-33-8-5-30)10-18-21(19(20)25)26-12-29(18)11-13-3-6-32-7-4-13/h1-2,9-10,12-13,27,30H,3-8,11H2,(H,28,31). The molecule has 1 aliphatic heterocycles. The van der Waals surface area contributed by atoms with Crippen LogP contribution in [0.3, 0.4) is 0 Å². The molecule has 1 aliphatic rings. The number of aliphatic hydroxyl groups is 1. The largest absolute Gasteiger partial charge is 0.394 e. The molecular weight excluding hydrogens is 519 g/mol. The molecule has 8 nitrogen and oxygen atoms in total. The number of hydrogen-bond donors (Lipinski definition) is 3. The van der Waals surface area contributed by atoms with Crippen LogP contribution in [0.4, 0.5) is 15.8 Å². The minimum absolute atomic E-state index is 0.0191. The van der Waals surface area contributed by atoms with Crippen molar-refractivity contribution in [3.05, 3.63) is 51.5 Å². The Morgan fingerprint density at radius 3 is 2.88 bits per heavy atom. The Hall–Kier alpha value is -2.24. The lowest BCUT2D eigenvalue weighted by Crippen LogP contribution is -2.26. The molecule has 0 bridgehead atoms. The lowest BCUT2D eigenvalue weighted by atomic mass is 10.0. The number of carbonyl (C=O) groups is 1. The van der Waals surface area contributed by atoms with Crippen LogP contribution in [-0.4, -0.2) is 47.0 Å². The Balaban J connectivity index is 1.74. The maximum Gasteiger partial charge on any atom is 0.277 e. The first-order chi connectivity index (χ1) is 16.0. The number of anilines is 2. The average molecular weight is 542 g/mol. The van der Waals surface area contributed by atoms with Crippen LogP contribution in [0.1, 0.15) is 23.2 Å².